The Morgan fingerprint density at radius 2 is 1.71 bits per heavy atom. The molecule has 1 N–H and O–H groups in total. The Kier molecular flexibility index (Phi) is 7.12. The molecule has 0 aromatic heterocycles. The zero-order valence-corrected chi connectivity index (χ0v) is 15.5. The fourth-order valence-electron chi connectivity index (χ4n) is 2.24. The third-order valence-corrected chi connectivity index (χ3v) is 4.15. The SMILES string of the molecule is COc1ccc(OCCCC(=O)NC(C)c2ccc(Br)cc2)cc1. The lowest BCUT2D eigenvalue weighted by molar-refractivity contribution is -0.121. The number of hydrogen-bond acceptors (Lipinski definition) is 3. The fourth-order valence-corrected chi connectivity index (χ4v) is 2.51. The first-order valence-electron chi connectivity index (χ1n) is 7.90. The summed E-state index contributed by atoms with van der Waals surface area (Å²) in [5.74, 6) is 1.60. The minimum Gasteiger partial charge on any atom is -0.497 e. The van der Waals surface area contributed by atoms with Crippen molar-refractivity contribution in [3.8, 4) is 11.5 Å². The van der Waals surface area contributed by atoms with Crippen molar-refractivity contribution in [3.05, 3.63) is 58.6 Å². The van der Waals surface area contributed by atoms with Crippen LogP contribution in [0.1, 0.15) is 31.4 Å². The fraction of sp³-hybridized carbons (Fsp3) is 0.316. The Balaban J connectivity index is 1.68. The molecule has 1 amide bonds. The van der Waals surface area contributed by atoms with Crippen molar-refractivity contribution < 1.29 is 14.3 Å². The molecule has 0 saturated carbocycles. The molecule has 0 aliphatic carbocycles. The molecule has 2 aromatic rings. The number of hydrogen-bond donors (Lipinski definition) is 1. The molecule has 5 heteroatoms. The van der Waals surface area contributed by atoms with Crippen molar-refractivity contribution in [2.75, 3.05) is 13.7 Å². The lowest BCUT2D eigenvalue weighted by Gasteiger charge is -2.14. The Labute approximate surface area is 151 Å². The maximum Gasteiger partial charge on any atom is 0.220 e. The Bertz CT molecular complexity index is 641. The minimum atomic E-state index is -0.00638. The van der Waals surface area contributed by atoms with E-state index in [1.54, 1.807) is 7.11 Å². The molecule has 1 unspecified atom stereocenters. The van der Waals surface area contributed by atoms with Gasteiger partial charge in [0.2, 0.25) is 5.91 Å². The van der Waals surface area contributed by atoms with Gasteiger partial charge >= 0.3 is 0 Å². The number of rotatable bonds is 8. The van der Waals surface area contributed by atoms with E-state index >= 15 is 0 Å². The molecule has 4 nitrogen and oxygen atoms in total. The van der Waals surface area contributed by atoms with Gasteiger partial charge in [0, 0.05) is 10.9 Å². The standard InChI is InChI=1S/C19H22BrNO3/c1-14(15-5-7-16(20)8-6-15)21-19(22)4-3-13-24-18-11-9-17(23-2)10-12-18/h5-12,14H,3-4,13H2,1-2H3,(H,21,22). The van der Waals surface area contributed by atoms with Crippen molar-refractivity contribution in [1.29, 1.82) is 0 Å². The summed E-state index contributed by atoms with van der Waals surface area (Å²) in [6, 6.07) is 15.4. The van der Waals surface area contributed by atoms with Gasteiger partial charge in [-0.15, -0.1) is 0 Å². The zero-order valence-electron chi connectivity index (χ0n) is 13.9. The highest BCUT2D eigenvalue weighted by molar-refractivity contribution is 9.10. The lowest BCUT2D eigenvalue weighted by atomic mass is 10.1. The summed E-state index contributed by atoms with van der Waals surface area (Å²) in [4.78, 5) is 12.0. The van der Waals surface area contributed by atoms with Crippen LogP contribution in [0.4, 0.5) is 0 Å². The Morgan fingerprint density at radius 3 is 2.33 bits per heavy atom. The van der Waals surface area contributed by atoms with Crippen molar-refractivity contribution in [2.24, 2.45) is 0 Å². The van der Waals surface area contributed by atoms with E-state index in [2.05, 4.69) is 21.2 Å². The van der Waals surface area contributed by atoms with Gasteiger partial charge in [0.25, 0.3) is 0 Å². The highest BCUT2D eigenvalue weighted by atomic mass is 79.9. The Morgan fingerprint density at radius 1 is 1.08 bits per heavy atom. The van der Waals surface area contributed by atoms with Crippen LogP contribution in [0.3, 0.4) is 0 Å². The van der Waals surface area contributed by atoms with Crippen LogP contribution in [0.2, 0.25) is 0 Å². The molecular formula is C19H22BrNO3. The summed E-state index contributed by atoms with van der Waals surface area (Å²) in [5.41, 5.74) is 1.08. The first-order valence-corrected chi connectivity index (χ1v) is 8.69. The van der Waals surface area contributed by atoms with Crippen LogP contribution in [0.5, 0.6) is 11.5 Å². The lowest BCUT2D eigenvalue weighted by Crippen LogP contribution is -2.26. The summed E-state index contributed by atoms with van der Waals surface area (Å²) in [6.45, 7) is 2.49. The van der Waals surface area contributed by atoms with Gasteiger partial charge in [-0.25, -0.2) is 0 Å². The molecule has 0 saturated heterocycles. The van der Waals surface area contributed by atoms with Gasteiger partial charge in [-0.3, -0.25) is 4.79 Å². The van der Waals surface area contributed by atoms with E-state index in [4.69, 9.17) is 9.47 Å². The van der Waals surface area contributed by atoms with Gasteiger partial charge in [0.15, 0.2) is 0 Å². The van der Waals surface area contributed by atoms with Gasteiger partial charge < -0.3 is 14.8 Å². The van der Waals surface area contributed by atoms with Gasteiger partial charge in [0.1, 0.15) is 11.5 Å². The van der Waals surface area contributed by atoms with Gasteiger partial charge in [-0.05, 0) is 55.3 Å². The number of methoxy groups -OCH3 is 1. The third-order valence-electron chi connectivity index (χ3n) is 3.62. The molecule has 0 bridgehead atoms. The molecule has 1 atom stereocenters. The molecule has 0 heterocycles. The molecule has 0 fully saturated rings. The number of ether oxygens (including phenoxy) is 2. The van der Waals surface area contributed by atoms with Crippen LogP contribution < -0.4 is 14.8 Å². The maximum atomic E-state index is 12.0. The number of carbonyl (C=O) groups excluding carboxylic acids is 1. The van der Waals surface area contributed by atoms with Crippen molar-refractivity contribution in [2.45, 2.75) is 25.8 Å². The summed E-state index contributed by atoms with van der Waals surface area (Å²) >= 11 is 3.41. The molecule has 0 radical (unpaired) electrons. The monoisotopic (exact) mass is 391 g/mol. The zero-order chi connectivity index (χ0) is 17.4. The maximum absolute atomic E-state index is 12.0. The highest BCUT2D eigenvalue weighted by Gasteiger charge is 2.09. The predicted octanol–water partition coefficient (Wildman–Crippen LogP) is 4.49. The van der Waals surface area contributed by atoms with Crippen molar-refractivity contribution >= 4 is 21.8 Å². The molecular weight excluding hydrogens is 370 g/mol. The first-order chi connectivity index (χ1) is 11.6. The minimum absolute atomic E-state index is 0.00638. The molecule has 24 heavy (non-hydrogen) atoms. The summed E-state index contributed by atoms with van der Waals surface area (Å²) < 4.78 is 11.7. The van der Waals surface area contributed by atoms with Crippen LogP contribution >= 0.6 is 15.9 Å². The number of amides is 1. The van der Waals surface area contributed by atoms with E-state index < -0.39 is 0 Å². The first kappa shape index (κ1) is 18.3. The van der Waals surface area contributed by atoms with Crippen LogP contribution in [-0.4, -0.2) is 19.6 Å². The largest absolute Gasteiger partial charge is 0.497 e. The van der Waals surface area contributed by atoms with Crippen molar-refractivity contribution in [3.63, 3.8) is 0 Å². The van der Waals surface area contributed by atoms with E-state index in [0.29, 0.717) is 19.4 Å². The van der Waals surface area contributed by atoms with Crippen LogP contribution in [0, 0.1) is 0 Å². The van der Waals surface area contributed by atoms with Crippen LogP contribution in [0.15, 0.2) is 53.0 Å². The van der Waals surface area contributed by atoms with Crippen LogP contribution in [-0.2, 0) is 4.79 Å². The van der Waals surface area contributed by atoms with E-state index in [1.165, 1.54) is 0 Å². The molecule has 2 aromatic carbocycles. The predicted molar refractivity (Wildman–Crippen MR) is 98.4 cm³/mol. The van der Waals surface area contributed by atoms with Gasteiger partial charge in [-0.2, -0.15) is 0 Å². The molecule has 0 aliphatic heterocycles. The smallest absolute Gasteiger partial charge is 0.220 e. The van der Waals surface area contributed by atoms with Crippen molar-refractivity contribution in [1.82, 2.24) is 5.32 Å². The summed E-state index contributed by atoms with van der Waals surface area (Å²) in [6.07, 6.45) is 1.11. The molecule has 128 valence electrons. The second-order valence-corrected chi connectivity index (χ2v) is 6.38. The van der Waals surface area contributed by atoms with E-state index in [0.717, 1.165) is 21.5 Å². The summed E-state index contributed by atoms with van der Waals surface area (Å²) in [7, 11) is 1.63. The highest BCUT2D eigenvalue weighted by Crippen LogP contribution is 2.18. The third kappa shape index (κ3) is 5.89. The normalized spacial score (nSPS) is 11.6. The van der Waals surface area contributed by atoms with Crippen LogP contribution in [0.25, 0.3) is 0 Å². The van der Waals surface area contributed by atoms with E-state index in [9.17, 15) is 4.79 Å². The summed E-state index contributed by atoms with van der Waals surface area (Å²) in [5, 5.41) is 3.00. The average Bonchev–Trinajstić information content (AvgIpc) is 2.59. The van der Waals surface area contributed by atoms with Gasteiger partial charge in [0.05, 0.1) is 19.8 Å². The van der Waals surface area contributed by atoms with E-state index in [1.807, 2.05) is 55.5 Å². The second kappa shape index (κ2) is 9.33. The van der Waals surface area contributed by atoms with Gasteiger partial charge in [-0.1, -0.05) is 28.1 Å². The number of nitrogens with one attached hydrogen (secondary N) is 1. The van der Waals surface area contributed by atoms with E-state index in [-0.39, 0.29) is 11.9 Å². The number of benzene rings is 2. The molecule has 2 rings (SSSR count). The quantitative estimate of drug-likeness (QED) is 0.674. The molecule has 0 aliphatic rings. The topological polar surface area (TPSA) is 47.6 Å². The average molecular weight is 392 g/mol. The number of halogens is 1. The second-order valence-electron chi connectivity index (χ2n) is 5.47. The Hall–Kier alpha value is -2.01. The molecule has 0 spiro atoms. The number of carbonyl (C=O) groups is 1.